The van der Waals surface area contributed by atoms with Crippen LogP contribution in [0.4, 0.5) is 0 Å². The van der Waals surface area contributed by atoms with Crippen molar-refractivity contribution in [2.75, 3.05) is 12.3 Å². The number of thioether (sulfide) groups is 1. The largest absolute Gasteiger partial charge is 0.480 e. The summed E-state index contributed by atoms with van der Waals surface area (Å²) in [6, 6.07) is 7.60. The van der Waals surface area contributed by atoms with Crippen LogP contribution in [-0.4, -0.2) is 28.9 Å². The molecule has 0 fully saturated rings. The molecule has 0 amide bonds. The highest BCUT2D eigenvalue weighted by atomic mass is 35.5. The van der Waals surface area contributed by atoms with Gasteiger partial charge < -0.3 is 10.4 Å². The average Bonchev–Trinajstić information content (AvgIpc) is 2.36. The number of halogens is 1. The Kier molecular flexibility index (Phi) is 6.69. The van der Waals surface area contributed by atoms with Gasteiger partial charge in [0, 0.05) is 15.7 Å². The minimum Gasteiger partial charge on any atom is -0.480 e. The molecule has 19 heavy (non-hydrogen) atoms. The second-order valence-electron chi connectivity index (χ2n) is 4.62. The van der Waals surface area contributed by atoms with Crippen LogP contribution in [0.25, 0.3) is 0 Å². The van der Waals surface area contributed by atoms with Crippen molar-refractivity contribution in [2.45, 2.75) is 37.1 Å². The van der Waals surface area contributed by atoms with E-state index in [0.717, 1.165) is 17.1 Å². The number of rotatable bonds is 8. The van der Waals surface area contributed by atoms with Crippen molar-refractivity contribution >= 4 is 29.3 Å². The first-order valence-electron chi connectivity index (χ1n) is 6.35. The lowest BCUT2D eigenvalue weighted by Crippen LogP contribution is -2.50. The highest BCUT2D eigenvalue weighted by Gasteiger charge is 2.31. The number of hydrogen-bond acceptors (Lipinski definition) is 3. The van der Waals surface area contributed by atoms with E-state index in [-0.39, 0.29) is 0 Å². The molecule has 106 valence electrons. The van der Waals surface area contributed by atoms with E-state index in [9.17, 15) is 9.90 Å². The summed E-state index contributed by atoms with van der Waals surface area (Å²) in [5.74, 6) is -0.0625. The molecule has 0 spiro atoms. The van der Waals surface area contributed by atoms with Crippen LogP contribution in [-0.2, 0) is 4.79 Å². The van der Waals surface area contributed by atoms with Crippen LogP contribution >= 0.6 is 23.4 Å². The first kappa shape index (κ1) is 16.3. The SMILES string of the molecule is CCCNC(C)(CCSc1cccc(Cl)c1)C(=O)O. The van der Waals surface area contributed by atoms with Crippen molar-refractivity contribution < 1.29 is 9.90 Å². The van der Waals surface area contributed by atoms with Crippen LogP contribution in [0.15, 0.2) is 29.2 Å². The Balaban J connectivity index is 2.50. The van der Waals surface area contributed by atoms with Gasteiger partial charge in [-0.05, 0) is 44.5 Å². The Bertz CT molecular complexity index is 428. The van der Waals surface area contributed by atoms with E-state index in [1.54, 1.807) is 18.7 Å². The summed E-state index contributed by atoms with van der Waals surface area (Å²) in [4.78, 5) is 12.4. The lowest BCUT2D eigenvalue weighted by Gasteiger charge is -2.26. The van der Waals surface area contributed by atoms with Gasteiger partial charge in [-0.3, -0.25) is 4.79 Å². The number of hydrogen-bond donors (Lipinski definition) is 2. The fourth-order valence-corrected chi connectivity index (χ4v) is 2.99. The predicted octanol–water partition coefficient (Wildman–Crippen LogP) is 3.67. The first-order valence-corrected chi connectivity index (χ1v) is 7.71. The molecule has 5 heteroatoms. The van der Waals surface area contributed by atoms with Gasteiger partial charge in [0.05, 0.1) is 0 Å². The lowest BCUT2D eigenvalue weighted by atomic mass is 9.99. The van der Waals surface area contributed by atoms with E-state index < -0.39 is 11.5 Å². The van der Waals surface area contributed by atoms with E-state index >= 15 is 0 Å². The molecule has 0 saturated carbocycles. The Hall–Kier alpha value is -0.710. The topological polar surface area (TPSA) is 49.3 Å². The molecule has 1 aromatic carbocycles. The molecule has 0 radical (unpaired) electrons. The zero-order valence-electron chi connectivity index (χ0n) is 11.3. The summed E-state index contributed by atoms with van der Waals surface area (Å²) in [6.07, 6.45) is 1.49. The van der Waals surface area contributed by atoms with Crippen molar-refractivity contribution in [3.05, 3.63) is 29.3 Å². The Morgan fingerprint density at radius 1 is 1.53 bits per heavy atom. The molecule has 1 aromatic rings. The third-order valence-corrected chi connectivity index (χ3v) is 4.13. The van der Waals surface area contributed by atoms with E-state index in [1.807, 2.05) is 31.2 Å². The summed E-state index contributed by atoms with van der Waals surface area (Å²) < 4.78 is 0. The Labute approximate surface area is 123 Å². The number of nitrogens with one attached hydrogen (secondary N) is 1. The van der Waals surface area contributed by atoms with Crippen molar-refractivity contribution in [1.82, 2.24) is 5.32 Å². The monoisotopic (exact) mass is 301 g/mol. The maximum Gasteiger partial charge on any atom is 0.323 e. The van der Waals surface area contributed by atoms with Crippen molar-refractivity contribution in [3.63, 3.8) is 0 Å². The molecule has 1 rings (SSSR count). The van der Waals surface area contributed by atoms with E-state index in [4.69, 9.17) is 11.6 Å². The normalized spacial score (nSPS) is 14.1. The number of aliphatic carboxylic acids is 1. The number of carbonyl (C=O) groups is 1. The number of benzene rings is 1. The molecule has 2 N–H and O–H groups in total. The molecule has 0 aliphatic heterocycles. The van der Waals surface area contributed by atoms with Crippen LogP contribution in [0.2, 0.25) is 5.02 Å². The average molecular weight is 302 g/mol. The van der Waals surface area contributed by atoms with Crippen LogP contribution in [0, 0.1) is 0 Å². The fraction of sp³-hybridized carbons (Fsp3) is 0.500. The van der Waals surface area contributed by atoms with Gasteiger partial charge in [-0.25, -0.2) is 0 Å². The summed E-state index contributed by atoms with van der Waals surface area (Å²) in [6.45, 7) is 4.48. The smallest absolute Gasteiger partial charge is 0.323 e. The molecular weight excluding hydrogens is 282 g/mol. The zero-order valence-corrected chi connectivity index (χ0v) is 12.9. The second-order valence-corrected chi connectivity index (χ2v) is 6.22. The van der Waals surface area contributed by atoms with Crippen LogP contribution in [0.3, 0.4) is 0 Å². The van der Waals surface area contributed by atoms with Crippen molar-refractivity contribution in [3.8, 4) is 0 Å². The van der Waals surface area contributed by atoms with E-state index in [1.165, 1.54) is 0 Å². The van der Waals surface area contributed by atoms with Gasteiger partial charge in [-0.1, -0.05) is 24.6 Å². The standard InChI is InChI=1S/C14H20ClNO2S/c1-3-8-16-14(2,13(17)18)7-9-19-12-6-4-5-11(15)10-12/h4-6,10,16H,3,7-9H2,1-2H3,(H,17,18). The molecule has 0 bridgehead atoms. The summed E-state index contributed by atoms with van der Waals surface area (Å²) >= 11 is 7.54. The summed E-state index contributed by atoms with van der Waals surface area (Å²) in [5.41, 5.74) is -0.860. The molecule has 0 aliphatic rings. The van der Waals surface area contributed by atoms with Crippen molar-refractivity contribution in [1.29, 1.82) is 0 Å². The Morgan fingerprint density at radius 2 is 2.26 bits per heavy atom. The first-order chi connectivity index (χ1) is 8.98. The van der Waals surface area contributed by atoms with Crippen LogP contribution < -0.4 is 5.32 Å². The maximum atomic E-state index is 11.3. The van der Waals surface area contributed by atoms with Gasteiger partial charge in [0.2, 0.25) is 0 Å². The van der Waals surface area contributed by atoms with Crippen LogP contribution in [0.5, 0.6) is 0 Å². The van der Waals surface area contributed by atoms with Gasteiger partial charge in [-0.2, -0.15) is 0 Å². The molecule has 1 atom stereocenters. The van der Waals surface area contributed by atoms with Crippen molar-refractivity contribution in [2.24, 2.45) is 0 Å². The van der Waals surface area contributed by atoms with E-state index in [2.05, 4.69) is 5.32 Å². The van der Waals surface area contributed by atoms with E-state index in [0.29, 0.717) is 18.0 Å². The highest BCUT2D eigenvalue weighted by Crippen LogP contribution is 2.24. The lowest BCUT2D eigenvalue weighted by molar-refractivity contribution is -0.144. The van der Waals surface area contributed by atoms with Gasteiger partial charge in [-0.15, -0.1) is 11.8 Å². The highest BCUT2D eigenvalue weighted by molar-refractivity contribution is 7.99. The van der Waals surface area contributed by atoms with Crippen LogP contribution in [0.1, 0.15) is 26.7 Å². The molecule has 0 saturated heterocycles. The fourth-order valence-electron chi connectivity index (χ4n) is 1.60. The maximum absolute atomic E-state index is 11.3. The van der Waals surface area contributed by atoms with Gasteiger partial charge >= 0.3 is 5.97 Å². The molecule has 3 nitrogen and oxygen atoms in total. The molecule has 0 aromatic heterocycles. The van der Waals surface area contributed by atoms with Gasteiger partial charge in [0.15, 0.2) is 0 Å². The zero-order chi connectivity index (χ0) is 14.3. The summed E-state index contributed by atoms with van der Waals surface area (Å²) in [5, 5.41) is 13.1. The third-order valence-electron chi connectivity index (χ3n) is 2.90. The molecular formula is C14H20ClNO2S. The Morgan fingerprint density at radius 3 is 2.84 bits per heavy atom. The molecule has 0 heterocycles. The summed E-state index contributed by atoms with van der Waals surface area (Å²) in [7, 11) is 0. The van der Waals surface area contributed by atoms with Gasteiger partial charge in [0.25, 0.3) is 0 Å². The predicted molar refractivity (Wildman–Crippen MR) is 81.1 cm³/mol. The second kappa shape index (κ2) is 7.78. The quantitative estimate of drug-likeness (QED) is 0.719. The molecule has 1 unspecified atom stereocenters. The molecule has 0 aliphatic carbocycles. The minimum atomic E-state index is -0.860. The number of carboxylic acids is 1. The number of carboxylic acid groups (broad SMARTS) is 1. The van der Waals surface area contributed by atoms with Gasteiger partial charge in [0.1, 0.15) is 5.54 Å². The third kappa shape index (κ3) is 5.43. The minimum absolute atomic E-state index is 0.569.